The van der Waals surface area contributed by atoms with E-state index in [1.54, 1.807) is 21.3 Å². The average molecular weight is 485 g/mol. The molecule has 1 atom stereocenters. The number of fused-ring (bicyclic) bond motifs is 2. The molecule has 1 aromatic rings. The van der Waals surface area contributed by atoms with Crippen LogP contribution >= 0.6 is 0 Å². The molecule has 0 aromatic heterocycles. The van der Waals surface area contributed by atoms with E-state index < -0.39 is 0 Å². The van der Waals surface area contributed by atoms with Gasteiger partial charge >= 0.3 is 0 Å². The van der Waals surface area contributed by atoms with Gasteiger partial charge in [0.05, 0.1) is 60.4 Å². The first-order valence-electron chi connectivity index (χ1n) is 12.2. The van der Waals surface area contributed by atoms with Gasteiger partial charge in [0.2, 0.25) is 12.5 Å². The van der Waals surface area contributed by atoms with E-state index >= 15 is 0 Å². The third-order valence-electron chi connectivity index (χ3n) is 6.73. The van der Waals surface area contributed by atoms with E-state index in [4.69, 9.17) is 23.7 Å². The Morgan fingerprint density at radius 3 is 2.60 bits per heavy atom. The molecule has 7 heteroatoms. The van der Waals surface area contributed by atoms with Crippen LogP contribution in [0.4, 0.5) is 0 Å². The Labute approximate surface area is 209 Å². The van der Waals surface area contributed by atoms with Crippen molar-refractivity contribution in [2.24, 2.45) is 0 Å². The molecule has 0 fully saturated rings. The SMILES string of the molecule is CC.COC1=CC(CCC(=O)CC2c3c(cc4c(c3OC)OCO4)CC[N+]2(C)C)=C(OC)C#CC1. The standard InChI is InChI=1S/C26H32NO6.C2H6/c1-27(2)12-11-18-14-23-25(33-16-32-23)26(31-5)24(18)21(27)15-19(28)10-9-17-13-20(29-3)7-6-8-22(17)30-4;1-2/h13-14,21H,7,9-12,15-16H2,1-5H3;1-2H3/q+1;. The number of nitrogens with zero attached hydrogens (tertiary/aromatic N) is 1. The van der Waals surface area contributed by atoms with Crippen molar-refractivity contribution in [2.45, 2.75) is 52.0 Å². The van der Waals surface area contributed by atoms with E-state index in [0.717, 1.165) is 35.6 Å². The lowest BCUT2D eigenvalue weighted by atomic mass is 9.86. The normalized spacial score (nSPS) is 19.2. The quantitative estimate of drug-likeness (QED) is 0.394. The van der Waals surface area contributed by atoms with E-state index in [2.05, 4.69) is 25.9 Å². The Morgan fingerprint density at radius 1 is 1.14 bits per heavy atom. The van der Waals surface area contributed by atoms with Crippen molar-refractivity contribution in [1.29, 1.82) is 0 Å². The molecule has 0 spiro atoms. The summed E-state index contributed by atoms with van der Waals surface area (Å²) in [5, 5.41) is 0. The summed E-state index contributed by atoms with van der Waals surface area (Å²) in [5.74, 6) is 9.69. The van der Waals surface area contributed by atoms with Gasteiger partial charge in [-0.2, -0.15) is 0 Å². The van der Waals surface area contributed by atoms with E-state index in [1.807, 2.05) is 26.0 Å². The number of hydrogen-bond donors (Lipinski definition) is 0. The van der Waals surface area contributed by atoms with Crippen LogP contribution in [0.3, 0.4) is 0 Å². The fourth-order valence-corrected chi connectivity index (χ4v) is 4.81. The van der Waals surface area contributed by atoms with Gasteiger partial charge in [0.25, 0.3) is 0 Å². The van der Waals surface area contributed by atoms with Crippen molar-refractivity contribution in [3.63, 3.8) is 0 Å². The number of allylic oxidation sites excluding steroid dienone is 4. The number of ether oxygens (including phenoxy) is 5. The van der Waals surface area contributed by atoms with Crippen molar-refractivity contribution < 1.29 is 33.0 Å². The summed E-state index contributed by atoms with van der Waals surface area (Å²) in [5.41, 5.74) is 3.12. The van der Waals surface area contributed by atoms with Crippen molar-refractivity contribution >= 4 is 5.78 Å². The van der Waals surface area contributed by atoms with Crippen LogP contribution in [0, 0.1) is 11.8 Å². The minimum Gasteiger partial charge on any atom is -0.500 e. The summed E-state index contributed by atoms with van der Waals surface area (Å²) < 4.78 is 28.7. The molecular formula is C28H38NO6+. The van der Waals surface area contributed by atoms with Gasteiger partial charge in [0, 0.05) is 18.4 Å². The highest BCUT2D eigenvalue weighted by atomic mass is 16.7. The minimum absolute atomic E-state index is 0.0272. The molecule has 190 valence electrons. The molecule has 35 heavy (non-hydrogen) atoms. The molecule has 0 saturated heterocycles. The Morgan fingerprint density at radius 2 is 1.91 bits per heavy atom. The Hall–Kier alpha value is -3.11. The summed E-state index contributed by atoms with van der Waals surface area (Å²) in [6.07, 6.45) is 4.72. The zero-order chi connectivity index (χ0) is 25.6. The molecule has 0 amide bonds. The molecule has 1 aliphatic carbocycles. The summed E-state index contributed by atoms with van der Waals surface area (Å²) in [6.45, 7) is 5.12. The first-order chi connectivity index (χ1) is 16.9. The maximum absolute atomic E-state index is 13.3. The number of methoxy groups -OCH3 is 3. The summed E-state index contributed by atoms with van der Waals surface area (Å²) in [7, 11) is 9.23. The predicted octanol–water partition coefficient (Wildman–Crippen LogP) is 4.70. The largest absolute Gasteiger partial charge is 0.500 e. The number of likely N-dealkylation sites (N-methyl/N-ethyl adjacent to an activating group) is 1. The molecule has 2 aliphatic heterocycles. The van der Waals surface area contributed by atoms with Crippen LogP contribution in [0.25, 0.3) is 0 Å². The van der Waals surface area contributed by atoms with Crippen LogP contribution in [0.1, 0.15) is 56.7 Å². The predicted molar refractivity (Wildman–Crippen MR) is 134 cm³/mol. The second-order valence-electron chi connectivity index (χ2n) is 9.08. The smallest absolute Gasteiger partial charge is 0.231 e. The zero-order valence-corrected chi connectivity index (χ0v) is 22.1. The molecule has 0 radical (unpaired) electrons. The van der Waals surface area contributed by atoms with E-state index in [9.17, 15) is 4.79 Å². The van der Waals surface area contributed by atoms with Crippen molar-refractivity contribution in [3.8, 4) is 29.1 Å². The molecule has 0 saturated carbocycles. The third-order valence-corrected chi connectivity index (χ3v) is 6.73. The first-order valence-corrected chi connectivity index (χ1v) is 12.2. The second-order valence-corrected chi connectivity index (χ2v) is 9.08. The number of Topliss-reactive ketones (excluding diaryl/α,β-unsaturated/α-hetero) is 1. The lowest BCUT2D eigenvalue weighted by Gasteiger charge is -2.43. The molecule has 4 rings (SSSR count). The van der Waals surface area contributed by atoms with E-state index in [1.165, 1.54) is 5.56 Å². The highest BCUT2D eigenvalue weighted by Crippen LogP contribution is 2.51. The summed E-state index contributed by atoms with van der Waals surface area (Å²) >= 11 is 0. The van der Waals surface area contributed by atoms with Gasteiger partial charge in [0.15, 0.2) is 17.3 Å². The van der Waals surface area contributed by atoms with Crippen LogP contribution in [-0.4, -0.2) is 59.0 Å². The van der Waals surface area contributed by atoms with Gasteiger partial charge in [0.1, 0.15) is 17.6 Å². The van der Waals surface area contributed by atoms with Crippen molar-refractivity contribution in [3.05, 3.63) is 40.4 Å². The molecule has 1 aromatic carbocycles. The van der Waals surface area contributed by atoms with Crippen molar-refractivity contribution in [2.75, 3.05) is 48.8 Å². The molecule has 0 bridgehead atoms. The van der Waals surface area contributed by atoms with Crippen LogP contribution in [0.5, 0.6) is 17.2 Å². The average Bonchev–Trinajstić information content (AvgIpc) is 3.23. The van der Waals surface area contributed by atoms with Crippen LogP contribution in [0.15, 0.2) is 29.2 Å². The third kappa shape index (κ3) is 5.59. The molecular weight excluding hydrogens is 446 g/mol. The second kappa shape index (κ2) is 11.5. The lowest BCUT2D eigenvalue weighted by Crippen LogP contribution is -2.48. The van der Waals surface area contributed by atoms with Crippen LogP contribution in [-0.2, 0) is 20.7 Å². The fourth-order valence-electron chi connectivity index (χ4n) is 4.81. The highest BCUT2D eigenvalue weighted by Gasteiger charge is 2.42. The molecule has 3 aliphatic rings. The van der Waals surface area contributed by atoms with Gasteiger partial charge in [-0.05, 0) is 30.0 Å². The van der Waals surface area contributed by atoms with Crippen LogP contribution in [0.2, 0.25) is 0 Å². The molecule has 1 unspecified atom stereocenters. The Balaban J connectivity index is 0.00000167. The fraction of sp³-hybridized carbons (Fsp3) is 0.536. The topological polar surface area (TPSA) is 63.2 Å². The maximum Gasteiger partial charge on any atom is 0.231 e. The van der Waals surface area contributed by atoms with E-state index in [0.29, 0.717) is 47.4 Å². The first kappa shape index (κ1) is 26.5. The van der Waals surface area contributed by atoms with Crippen LogP contribution < -0.4 is 14.2 Å². The zero-order valence-electron chi connectivity index (χ0n) is 22.1. The number of hydrogen-bond acceptors (Lipinski definition) is 6. The van der Waals surface area contributed by atoms with Gasteiger partial charge in [-0.15, -0.1) is 0 Å². The number of rotatable bonds is 8. The van der Waals surface area contributed by atoms with Gasteiger partial charge < -0.3 is 28.2 Å². The maximum atomic E-state index is 13.3. The Bertz CT molecular complexity index is 1070. The monoisotopic (exact) mass is 484 g/mol. The summed E-state index contributed by atoms with van der Waals surface area (Å²) in [6, 6.07) is 2.02. The number of benzene rings is 1. The lowest BCUT2D eigenvalue weighted by molar-refractivity contribution is -0.922. The number of carbonyl (C=O) groups is 1. The Kier molecular flexibility index (Phi) is 8.74. The van der Waals surface area contributed by atoms with Gasteiger partial charge in [-0.3, -0.25) is 4.79 Å². The van der Waals surface area contributed by atoms with E-state index in [-0.39, 0.29) is 18.6 Å². The molecule has 2 heterocycles. The molecule has 7 nitrogen and oxygen atoms in total. The summed E-state index contributed by atoms with van der Waals surface area (Å²) in [4.78, 5) is 13.3. The molecule has 0 N–H and O–H groups in total. The number of carbonyl (C=O) groups excluding carboxylic acids is 1. The number of ketones is 1. The van der Waals surface area contributed by atoms with Gasteiger partial charge in [-0.1, -0.05) is 19.8 Å². The van der Waals surface area contributed by atoms with Crippen molar-refractivity contribution in [1.82, 2.24) is 0 Å². The minimum atomic E-state index is -0.0272. The van der Waals surface area contributed by atoms with Gasteiger partial charge in [-0.25, -0.2) is 0 Å². The highest BCUT2D eigenvalue weighted by molar-refractivity contribution is 5.80. The number of quaternary nitrogens is 1.